The van der Waals surface area contributed by atoms with E-state index in [0.29, 0.717) is 12.8 Å². The number of carbonyl (C=O) groups excluding carboxylic acids is 1. The van der Waals surface area contributed by atoms with Crippen molar-refractivity contribution in [1.82, 2.24) is 0 Å². The number of rotatable bonds is 4. The van der Waals surface area contributed by atoms with E-state index < -0.39 is 0 Å². The smallest absolute Gasteiger partial charge is 0.305 e. The van der Waals surface area contributed by atoms with Crippen molar-refractivity contribution in [2.24, 2.45) is 0 Å². The third kappa shape index (κ3) is 3.64. The standard InChI is InChI=1S/C11H13BrO3/c1-15-11(14)5-3-8-2-4-10(12)6-9(8)7-13/h2,4,6,13H,3,5,7H2,1H3. The van der Waals surface area contributed by atoms with E-state index in [1.807, 2.05) is 18.2 Å². The molecule has 0 bridgehead atoms. The van der Waals surface area contributed by atoms with E-state index in [-0.39, 0.29) is 12.6 Å². The number of aliphatic hydroxyl groups excluding tert-OH is 1. The fourth-order valence-corrected chi connectivity index (χ4v) is 1.73. The van der Waals surface area contributed by atoms with Crippen LogP contribution in [0.25, 0.3) is 0 Å². The molecular formula is C11H13BrO3. The molecule has 0 saturated carbocycles. The van der Waals surface area contributed by atoms with Gasteiger partial charge in [0.1, 0.15) is 0 Å². The van der Waals surface area contributed by atoms with Crippen LogP contribution in [-0.4, -0.2) is 18.2 Å². The van der Waals surface area contributed by atoms with E-state index in [2.05, 4.69) is 20.7 Å². The van der Waals surface area contributed by atoms with Gasteiger partial charge >= 0.3 is 5.97 Å². The van der Waals surface area contributed by atoms with Gasteiger partial charge in [0.25, 0.3) is 0 Å². The van der Waals surface area contributed by atoms with Crippen molar-refractivity contribution >= 4 is 21.9 Å². The summed E-state index contributed by atoms with van der Waals surface area (Å²) in [5, 5.41) is 9.13. The van der Waals surface area contributed by atoms with Gasteiger partial charge in [-0.3, -0.25) is 4.79 Å². The highest BCUT2D eigenvalue weighted by molar-refractivity contribution is 9.10. The van der Waals surface area contributed by atoms with Crippen molar-refractivity contribution in [3.05, 3.63) is 33.8 Å². The number of aliphatic hydroxyl groups is 1. The first kappa shape index (κ1) is 12.2. The van der Waals surface area contributed by atoms with E-state index in [1.165, 1.54) is 7.11 Å². The molecule has 4 heteroatoms. The molecular weight excluding hydrogens is 260 g/mol. The minimum Gasteiger partial charge on any atom is -0.469 e. The minimum absolute atomic E-state index is 0.0179. The van der Waals surface area contributed by atoms with Gasteiger partial charge in [-0.05, 0) is 29.7 Å². The molecule has 1 aromatic carbocycles. The lowest BCUT2D eigenvalue weighted by Gasteiger charge is -2.07. The van der Waals surface area contributed by atoms with Crippen molar-refractivity contribution in [3.8, 4) is 0 Å². The number of hydrogen-bond donors (Lipinski definition) is 1. The Kier molecular flexibility index (Phi) is 4.78. The third-order valence-corrected chi connectivity index (χ3v) is 2.66. The fraction of sp³-hybridized carbons (Fsp3) is 0.364. The van der Waals surface area contributed by atoms with Gasteiger partial charge in [-0.25, -0.2) is 0 Å². The summed E-state index contributed by atoms with van der Waals surface area (Å²) in [6.07, 6.45) is 0.932. The molecule has 0 aliphatic heterocycles. The SMILES string of the molecule is COC(=O)CCc1ccc(Br)cc1CO. The Bertz CT molecular complexity index is 350. The van der Waals surface area contributed by atoms with E-state index in [4.69, 9.17) is 5.11 Å². The highest BCUT2D eigenvalue weighted by Gasteiger charge is 2.06. The summed E-state index contributed by atoms with van der Waals surface area (Å²) in [7, 11) is 1.37. The van der Waals surface area contributed by atoms with Gasteiger partial charge in [-0.15, -0.1) is 0 Å². The average molecular weight is 273 g/mol. The van der Waals surface area contributed by atoms with E-state index in [1.54, 1.807) is 0 Å². The predicted octanol–water partition coefficient (Wildman–Crippen LogP) is 2.05. The molecule has 0 amide bonds. The summed E-state index contributed by atoms with van der Waals surface area (Å²) in [6.45, 7) is -0.0179. The largest absolute Gasteiger partial charge is 0.469 e. The van der Waals surface area contributed by atoms with Crippen LogP contribution in [0.3, 0.4) is 0 Å². The molecule has 15 heavy (non-hydrogen) atoms. The molecule has 0 atom stereocenters. The third-order valence-electron chi connectivity index (χ3n) is 2.16. The molecule has 0 fully saturated rings. The van der Waals surface area contributed by atoms with Crippen molar-refractivity contribution in [3.63, 3.8) is 0 Å². The minimum atomic E-state index is -0.234. The maximum Gasteiger partial charge on any atom is 0.305 e. The monoisotopic (exact) mass is 272 g/mol. The zero-order valence-corrected chi connectivity index (χ0v) is 10.1. The van der Waals surface area contributed by atoms with Crippen LogP contribution < -0.4 is 0 Å². The van der Waals surface area contributed by atoms with Crippen LogP contribution in [0.1, 0.15) is 17.5 Å². The van der Waals surface area contributed by atoms with Crippen LogP contribution in [0.2, 0.25) is 0 Å². The summed E-state index contributed by atoms with van der Waals surface area (Å²) in [6, 6.07) is 5.65. The van der Waals surface area contributed by atoms with Crippen molar-refractivity contribution in [2.75, 3.05) is 7.11 Å². The number of halogens is 1. The summed E-state index contributed by atoms with van der Waals surface area (Å²) < 4.78 is 5.48. The van der Waals surface area contributed by atoms with Crippen molar-refractivity contribution < 1.29 is 14.6 Å². The molecule has 0 unspecified atom stereocenters. The highest BCUT2D eigenvalue weighted by atomic mass is 79.9. The maximum absolute atomic E-state index is 11.0. The first-order valence-corrected chi connectivity index (χ1v) is 5.41. The number of esters is 1. The topological polar surface area (TPSA) is 46.5 Å². The number of benzene rings is 1. The first-order valence-electron chi connectivity index (χ1n) is 4.62. The molecule has 3 nitrogen and oxygen atoms in total. The Morgan fingerprint density at radius 3 is 2.80 bits per heavy atom. The van der Waals surface area contributed by atoms with Gasteiger partial charge in [-0.1, -0.05) is 22.0 Å². The number of ether oxygens (including phenoxy) is 1. The Labute approximate surface area is 97.2 Å². The van der Waals surface area contributed by atoms with Gasteiger partial charge in [0.2, 0.25) is 0 Å². The van der Waals surface area contributed by atoms with Crippen LogP contribution >= 0.6 is 15.9 Å². The Morgan fingerprint density at radius 1 is 1.47 bits per heavy atom. The van der Waals surface area contributed by atoms with E-state index in [0.717, 1.165) is 15.6 Å². The van der Waals surface area contributed by atoms with E-state index >= 15 is 0 Å². The van der Waals surface area contributed by atoms with Crippen LogP contribution in [0.5, 0.6) is 0 Å². The molecule has 82 valence electrons. The van der Waals surface area contributed by atoms with Gasteiger partial charge < -0.3 is 9.84 Å². The van der Waals surface area contributed by atoms with Crippen LogP contribution in [0.15, 0.2) is 22.7 Å². The normalized spacial score (nSPS) is 10.1. The highest BCUT2D eigenvalue weighted by Crippen LogP contribution is 2.18. The fourth-order valence-electron chi connectivity index (χ4n) is 1.32. The quantitative estimate of drug-likeness (QED) is 0.854. The Balaban J connectivity index is 2.72. The maximum atomic E-state index is 11.0. The Hall–Kier alpha value is -0.870. The predicted molar refractivity (Wildman–Crippen MR) is 60.4 cm³/mol. The molecule has 0 heterocycles. The number of aryl methyl sites for hydroxylation is 1. The summed E-state index contributed by atoms with van der Waals surface area (Å²) in [4.78, 5) is 11.0. The lowest BCUT2D eigenvalue weighted by atomic mass is 10.0. The van der Waals surface area contributed by atoms with Gasteiger partial charge in [0, 0.05) is 10.9 Å². The second-order valence-electron chi connectivity index (χ2n) is 3.15. The lowest BCUT2D eigenvalue weighted by Crippen LogP contribution is -2.03. The van der Waals surface area contributed by atoms with Crippen LogP contribution in [-0.2, 0) is 22.6 Å². The number of methoxy groups -OCH3 is 1. The second-order valence-corrected chi connectivity index (χ2v) is 4.06. The zero-order chi connectivity index (χ0) is 11.3. The summed E-state index contributed by atoms with van der Waals surface area (Å²) in [5.41, 5.74) is 1.82. The molecule has 0 aliphatic rings. The number of carbonyl (C=O) groups is 1. The number of hydrogen-bond acceptors (Lipinski definition) is 3. The summed E-state index contributed by atoms with van der Waals surface area (Å²) in [5.74, 6) is -0.234. The first-order chi connectivity index (χ1) is 7.17. The molecule has 0 saturated heterocycles. The van der Waals surface area contributed by atoms with E-state index in [9.17, 15) is 4.79 Å². The molecule has 0 radical (unpaired) electrons. The van der Waals surface area contributed by atoms with Crippen LogP contribution in [0, 0.1) is 0 Å². The van der Waals surface area contributed by atoms with Crippen LogP contribution in [0.4, 0.5) is 0 Å². The molecule has 1 rings (SSSR count). The average Bonchev–Trinajstić information content (AvgIpc) is 2.26. The lowest BCUT2D eigenvalue weighted by molar-refractivity contribution is -0.140. The molecule has 1 N–H and O–H groups in total. The molecule has 0 aromatic heterocycles. The molecule has 1 aromatic rings. The van der Waals surface area contributed by atoms with Gasteiger partial charge in [0.05, 0.1) is 13.7 Å². The Morgan fingerprint density at radius 2 is 2.20 bits per heavy atom. The van der Waals surface area contributed by atoms with Crippen molar-refractivity contribution in [2.45, 2.75) is 19.4 Å². The summed E-state index contributed by atoms with van der Waals surface area (Å²) >= 11 is 3.33. The molecule has 0 aliphatic carbocycles. The second kappa shape index (κ2) is 5.88. The van der Waals surface area contributed by atoms with Gasteiger partial charge in [-0.2, -0.15) is 0 Å². The van der Waals surface area contributed by atoms with Gasteiger partial charge in [0.15, 0.2) is 0 Å². The zero-order valence-electron chi connectivity index (χ0n) is 8.50. The van der Waals surface area contributed by atoms with Crippen molar-refractivity contribution in [1.29, 1.82) is 0 Å². The molecule has 0 spiro atoms.